The van der Waals surface area contributed by atoms with Crippen molar-refractivity contribution >= 4 is 34.8 Å². The molecule has 0 aliphatic carbocycles. The standard InChI is InChI=1S/C21H20Cl2F2N2O3/c1-29-11-30-20-16(22)6-7-18(25)19(20)27-13-3-4-14(27)10-26(9-13)21(28)15-5-2-12(24)8-17(15)23/h2,5-8,13-14H,3-4,9-11H2,1H3. The molecular formula is C21H20Cl2F2N2O3. The molecule has 160 valence electrons. The van der Waals surface area contributed by atoms with E-state index < -0.39 is 11.6 Å². The van der Waals surface area contributed by atoms with Gasteiger partial charge in [-0.3, -0.25) is 4.79 Å². The van der Waals surface area contributed by atoms with E-state index in [1.807, 2.05) is 4.90 Å². The Morgan fingerprint density at radius 3 is 2.43 bits per heavy atom. The molecule has 0 aromatic heterocycles. The number of rotatable bonds is 5. The number of hydrogen-bond donors (Lipinski definition) is 0. The first-order valence-electron chi connectivity index (χ1n) is 9.53. The highest BCUT2D eigenvalue weighted by atomic mass is 35.5. The van der Waals surface area contributed by atoms with Crippen LogP contribution in [0, 0.1) is 11.6 Å². The summed E-state index contributed by atoms with van der Waals surface area (Å²) in [6, 6.07) is 6.28. The third-order valence-corrected chi connectivity index (χ3v) is 6.15. The van der Waals surface area contributed by atoms with Crippen LogP contribution in [0.2, 0.25) is 10.0 Å². The predicted molar refractivity (Wildman–Crippen MR) is 111 cm³/mol. The summed E-state index contributed by atoms with van der Waals surface area (Å²) in [7, 11) is 1.47. The normalized spacial score (nSPS) is 20.6. The molecule has 0 radical (unpaired) electrons. The van der Waals surface area contributed by atoms with Crippen LogP contribution in [0.5, 0.6) is 5.75 Å². The van der Waals surface area contributed by atoms with Crippen molar-refractivity contribution in [3.8, 4) is 5.75 Å². The molecule has 0 spiro atoms. The highest BCUT2D eigenvalue weighted by Gasteiger charge is 2.44. The zero-order valence-corrected chi connectivity index (χ0v) is 17.7. The van der Waals surface area contributed by atoms with Crippen LogP contribution in [-0.4, -0.2) is 49.9 Å². The van der Waals surface area contributed by atoms with Crippen LogP contribution in [0.3, 0.4) is 0 Å². The molecule has 2 atom stereocenters. The fourth-order valence-corrected chi connectivity index (χ4v) is 4.74. The Morgan fingerprint density at radius 2 is 1.80 bits per heavy atom. The van der Waals surface area contributed by atoms with Gasteiger partial charge in [0.1, 0.15) is 17.3 Å². The van der Waals surface area contributed by atoms with Crippen LogP contribution < -0.4 is 9.64 Å². The van der Waals surface area contributed by atoms with Crippen LogP contribution >= 0.6 is 23.2 Å². The van der Waals surface area contributed by atoms with Crippen molar-refractivity contribution in [1.82, 2.24) is 4.90 Å². The number of fused-ring (bicyclic) bond motifs is 2. The third-order valence-electron chi connectivity index (χ3n) is 5.54. The molecule has 2 aromatic carbocycles. The van der Waals surface area contributed by atoms with Gasteiger partial charge in [-0.05, 0) is 43.2 Å². The molecule has 2 fully saturated rings. The summed E-state index contributed by atoms with van der Waals surface area (Å²) in [6.45, 7) is 0.713. The highest BCUT2D eigenvalue weighted by Crippen LogP contribution is 2.44. The molecule has 0 N–H and O–H groups in total. The fraction of sp³-hybridized carbons (Fsp3) is 0.381. The van der Waals surface area contributed by atoms with Gasteiger partial charge in [-0.1, -0.05) is 23.2 Å². The minimum Gasteiger partial charge on any atom is -0.464 e. The molecule has 4 rings (SSSR count). The lowest BCUT2D eigenvalue weighted by Gasteiger charge is -2.43. The SMILES string of the molecule is COCOc1c(Cl)ccc(F)c1N1C2CCC1CN(C(=O)c1ccc(F)cc1Cl)C2. The first kappa shape index (κ1) is 21.2. The Hall–Kier alpha value is -2.09. The largest absolute Gasteiger partial charge is 0.464 e. The number of nitrogens with zero attached hydrogens (tertiary/aromatic N) is 2. The van der Waals surface area contributed by atoms with Crippen molar-refractivity contribution in [2.24, 2.45) is 0 Å². The van der Waals surface area contributed by atoms with E-state index in [1.165, 1.54) is 31.4 Å². The number of piperazine rings is 1. The highest BCUT2D eigenvalue weighted by molar-refractivity contribution is 6.34. The Morgan fingerprint density at radius 1 is 1.10 bits per heavy atom. The lowest BCUT2D eigenvalue weighted by atomic mass is 10.1. The van der Waals surface area contributed by atoms with E-state index in [4.69, 9.17) is 32.7 Å². The second kappa shape index (κ2) is 8.57. The third kappa shape index (κ3) is 3.82. The fourth-order valence-electron chi connectivity index (χ4n) is 4.29. The molecule has 2 aliphatic rings. The number of anilines is 1. The Balaban J connectivity index is 1.61. The van der Waals surface area contributed by atoms with Crippen molar-refractivity contribution < 1.29 is 23.0 Å². The van der Waals surface area contributed by atoms with E-state index in [1.54, 1.807) is 4.90 Å². The van der Waals surface area contributed by atoms with Crippen molar-refractivity contribution in [2.45, 2.75) is 24.9 Å². The summed E-state index contributed by atoms with van der Waals surface area (Å²) < 4.78 is 38.7. The number of likely N-dealkylation sites (tertiary alicyclic amines) is 1. The summed E-state index contributed by atoms with van der Waals surface area (Å²) in [4.78, 5) is 16.6. The second-order valence-corrected chi connectivity index (χ2v) is 8.20. The van der Waals surface area contributed by atoms with E-state index in [2.05, 4.69) is 0 Å². The van der Waals surface area contributed by atoms with Crippen molar-refractivity contribution in [1.29, 1.82) is 0 Å². The van der Waals surface area contributed by atoms with Crippen LogP contribution in [-0.2, 0) is 4.74 Å². The minimum absolute atomic E-state index is 0.0625. The maximum atomic E-state index is 14.9. The van der Waals surface area contributed by atoms with E-state index in [0.29, 0.717) is 23.8 Å². The Kier molecular flexibility index (Phi) is 6.04. The van der Waals surface area contributed by atoms with Crippen molar-refractivity contribution in [3.63, 3.8) is 0 Å². The van der Waals surface area contributed by atoms with E-state index in [9.17, 15) is 13.6 Å². The van der Waals surface area contributed by atoms with Crippen LogP contribution in [0.1, 0.15) is 23.2 Å². The lowest BCUT2D eigenvalue weighted by Crippen LogP contribution is -2.55. The summed E-state index contributed by atoms with van der Waals surface area (Å²) >= 11 is 12.4. The smallest absolute Gasteiger partial charge is 0.255 e. The van der Waals surface area contributed by atoms with Crippen LogP contribution in [0.25, 0.3) is 0 Å². The molecule has 2 aliphatic heterocycles. The minimum atomic E-state index is -0.499. The van der Waals surface area contributed by atoms with Crippen molar-refractivity contribution in [2.75, 3.05) is 31.9 Å². The van der Waals surface area contributed by atoms with Gasteiger partial charge < -0.3 is 19.3 Å². The summed E-state index contributed by atoms with van der Waals surface area (Å²) in [5.41, 5.74) is 0.544. The summed E-state index contributed by atoms with van der Waals surface area (Å²) in [5, 5.41) is 0.366. The van der Waals surface area contributed by atoms with Gasteiger partial charge in [-0.25, -0.2) is 8.78 Å². The average molecular weight is 457 g/mol. The maximum Gasteiger partial charge on any atom is 0.255 e. The Bertz CT molecular complexity index is 962. The number of carbonyl (C=O) groups is 1. The molecule has 2 aromatic rings. The number of amides is 1. The summed E-state index contributed by atoms with van der Waals surface area (Å²) in [5.74, 6) is -0.971. The molecule has 30 heavy (non-hydrogen) atoms. The van der Waals surface area contributed by atoms with Gasteiger partial charge in [-0.15, -0.1) is 0 Å². The molecule has 2 saturated heterocycles. The number of ether oxygens (including phenoxy) is 2. The zero-order chi connectivity index (χ0) is 21.4. The van der Waals surface area contributed by atoms with Gasteiger partial charge in [0, 0.05) is 32.3 Å². The number of halogens is 4. The van der Waals surface area contributed by atoms with Gasteiger partial charge in [0.25, 0.3) is 5.91 Å². The topological polar surface area (TPSA) is 42.0 Å². The van der Waals surface area contributed by atoms with Crippen LogP contribution in [0.15, 0.2) is 30.3 Å². The van der Waals surface area contributed by atoms with Crippen LogP contribution in [0.4, 0.5) is 14.5 Å². The zero-order valence-electron chi connectivity index (χ0n) is 16.2. The monoisotopic (exact) mass is 456 g/mol. The number of carbonyl (C=O) groups excluding carboxylic acids is 1. The molecule has 1 amide bonds. The first-order valence-corrected chi connectivity index (χ1v) is 10.3. The predicted octanol–water partition coefficient (Wildman–Crippen LogP) is 4.75. The first-order chi connectivity index (χ1) is 14.4. The van der Waals surface area contributed by atoms with Gasteiger partial charge in [0.15, 0.2) is 12.5 Å². The maximum absolute atomic E-state index is 14.9. The van der Waals surface area contributed by atoms with Gasteiger partial charge in [-0.2, -0.15) is 0 Å². The molecule has 2 heterocycles. The molecule has 2 bridgehead atoms. The van der Waals surface area contributed by atoms with E-state index >= 15 is 0 Å². The number of benzene rings is 2. The quantitative estimate of drug-likeness (QED) is 0.608. The van der Waals surface area contributed by atoms with E-state index in [-0.39, 0.29) is 41.1 Å². The molecule has 9 heteroatoms. The molecule has 0 saturated carbocycles. The van der Waals surface area contributed by atoms with Gasteiger partial charge in [0.05, 0.1) is 15.6 Å². The summed E-state index contributed by atoms with van der Waals surface area (Å²) in [6.07, 6.45) is 1.59. The van der Waals surface area contributed by atoms with Gasteiger partial charge >= 0.3 is 0 Å². The number of methoxy groups -OCH3 is 1. The lowest BCUT2D eigenvalue weighted by molar-refractivity contribution is 0.0510. The molecule has 5 nitrogen and oxygen atoms in total. The second-order valence-electron chi connectivity index (χ2n) is 7.38. The van der Waals surface area contributed by atoms with E-state index in [0.717, 1.165) is 18.9 Å². The number of hydrogen-bond acceptors (Lipinski definition) is 4. The average Bonchev–Trinajstić information content (AvgIpc) is 2.96. The Labute approximate surface area is 183 Å². The molecule has 2 unspecified atom stereocenters. The molecular weight excluding hydrogens is 437 g/mol. The van der Waals surface area contributed by atoms with Gasteiger partial charge in [0.2, 0.25) is 0 Å². The van der Waals surface area contributed by atoms with Crippen molar-refractivity contribution in [3.05, 3.63) is 57.6 Å².